The number of hydrogen-bond donors (Lipinski definition) is 1. The van der Waals surface area contributed by atoms with Gasteiger partial charge in [0.1, 0.15) is 6.17 Å². The molecule has 0 aliphatic heterocycles. The largest absolute Gasteiger partial charge is 0.330 e. The van der Waals surface area contributed by atoms with Gasteiger partial charge in [-0.05, 0) is 37.6 Å². The molecule has 2 N–H and O–H groups in total. The average molecular weight is 217 g/mol. The Bertz CT molecular complexity index is 149. The van der Waals surface area contributed by atoms with Crippen LogP contribution < -0.4 is 5.73 Å². The molecule has 2 atom stereocenters. The predicted molar refractivity (Wildman–Crippen MR) is 65.7 cm³/mol. The van der Waals surface area contributed by atoms with Crippen molar-refractivity contribution in [2.24, 2.45) is 11.1 Å². The van der Waals surface area contributed by atoms with Crippen LogP contribution in [0.25, 0.3) is 0 Å². The Hall–Kier alpha value is -0.110. The second kappa shape index (κ2) is 8.09. The molecule has 0 aliphatic carbocycles. The maximum atomic E-state index is 13.5. The molecule has 0 aromatic carbocycles. The molecule has 0 spiro atoms. The number of nitrogens with two attached hydrogens (primary N) is 1. The van der Waals surface area contributed by atoms with Crippen LogP contribution in [0, 0.1) is 5.41 Å². The predicted octanol–water partition coefficient (Wildman–Crippen LogP) is 4.06. The van der Waals surface area contributed by atoms with E-state index in [-0.39, 0.29) is 5.41 Å². The van der Waals surface area contributed by atoms with E-state index in [9.17, 15) is 4.39 Å². The Morgan fingerprint density at radius 2 is 1.80 bits per heavy atom. The Morgan fingerprint density at radius 1 is 1.13 bits per heavy atom. The molecule has 0 rings (SSSR count). The minimum atomic E-state index is -0.669. The van der Waals surface area contributed by atoms with Gasteiger partial charge < -0.3 is 5.73 Å². The molecule has 92 valence electrons. The molecule has 1 nitrogen and oxygen atoms in total. The van der Waals surface area contributed by atoms with E-state index in [1.165, 1.54) is 12.8 Å². The lowest BCUT2D eigenvalue weighted by atomic mass is 9.74. The van der Waals surface area contributed by atoms with Crippen LogP contribution in [0.15, 0.2) is 0 Å². The smallest absolute Gasteiger partial charge is 0.100 e. The average Bonchev–Trinajstić information content (AvgIpc) is 2.26. The molecule has 0 saturated heterocycles. The summed E-state index contributed by atoms with van der Waals surface area (Å²) in [6.07, 6.45) is 6.24. The first-order valence-electron chi connectivity index (χ1n) is 6.48. The molecule has 0 aromatic rings. The highest BCUT2D eigenvalue weighted by Gasteiger charge is 2.29. The topological polar surface area (TPSA) is 26.0 Å². The summed E-state index contributed by atoms with van der Waals surface area (Å²) >= 11 is 0. The zero-order chi connectivity index (χ0) is 11.7. The fraction of sp³-hybridized carbons (Fsp3) is 1.00. The van der Waals surface area contributed by atoms with Gasteiger partial charge in [0.15, 0.2) is 0 Å². The number of rotatable bonds is 9. The number of hydrogen-bond acceptors (Lipinski definition) is 1. The van der Waals surface area contributed by atoms with Crippen LogP contribution >= 0.6 is 0 Å². The molecule has 2 heteroatoms. The summed E-state index contributed by atoms with van der Waals surface area (Å²) in [4.78, 5) is 0. The zero-order valence-corrected chi connectivity index (χ0v) is 10.7. The third-order valence-corrected chi connectivity index (χ3v) is 3.37. The van der Waals surface area contributed by atoms with E-state index < -0.39 is 6.17 Å². The van der Waals surface area contributed by atoms with Crippen molar-refractivity contribution >= 4 is 0 Å². The SMILES string of the molecule is CCCCC(CN)(CCC)CC(F)CC. The van der Waals surface area contributed by atoms with E-state index in [1.807, 2.05) is 6.92 Å². The monoisotopic (exact) mass is 217 g/mol. The van der Waals surface area contributed by atoms with Gasteiger partial charge in [0.05, 0.1) is 0 Å². The van der Waals surface area contributed by atoms with Crippen LogP contribution in [0.3, 0.4) is 0 Å². The summed E-state index contributed by atoms with van der Waals surface area (Å²) in [6.45, 7) is 6.90. The van der Waals surface area contributed by atoms with Crippen LogP contribution in [-0.2, 0) is 0 Å². The van der Waals surface area contributed by atoms with Crippen LogP contribution in [0.2, 0.25) is 0 Å². The van der Waals surface area contributed by atoms with Gasteiger partial charge in [-0.1, -0.05) is 40.0 Å². The molecule has 0 bridgehead atoms. The van der Waals surface area contributed by atoms with Crippen molar-refractivity contribution in [3.8, 4) is 0 Å². The highest BCUT2D eigenvalue weighted by molar-refractivity contribution is 4.82. The molecule has 0 radical (unpaired) electrons. The van der Waals surface area contributed by atoms with Gasteiger partial charge >= 0.3 is 0 Å². The summed E-state index contributed by atoms with van der Waals surface area (Å²) in [5.41, 5.74) is 5.94. The molecule has 0 heterocycles. The minimum Gasteiger partial charge on any atom is -0.330 e. The van der Waals surface area contributed by atoms with E-state index in [4.69, 9.17) is 5.73 Å². The summed E-state index contributed by atoms with van der Waals surface area (Å²) in [5, 5.41) is 0. The van der Waals surface area contributed by atoms with Crippen LogP contribution in [-0.4, -0.2) is 12.7 Å². The molecule has 0 amide bonds. The number of unbranched alkanes of at least 4 members (excludes halogenated alkanes) is 1. The van der Waals surface area contributed by atoms with E-state index in [0.717, 1.165) is 19.3 Å². The lowest BCUT2D eigenvalue weighted by Crippen LogP contribution is -2.33. The van der Waals surface area contributed by atoms with E-state index in [0.29, 0.717) is 19.4 Å². The van der Waals surface area contributed by atoms with Crippen molar-refractivity contribution in [1.82, 2.24) is 0 Å². The van der Waals surface area contributed by atoms with Crippen molar-refractivity contribution in [1.29, 1.82) is 0 Å². The highest BCUT2D eigenvalue weighted by Crippen LogP contribution is 2.35. The van der Waals surface area contributed by atoms with E-state index >= 15 is 0 Å². The highest BCUT2D eigenvalue weighted by atomic mass is 19.1. The number of halogens is 1. The lowest BCUT2D eigenvalue weighted by Gasteiger charge is -2.33. The fourth-order valence-electron chi connectivity index (χ4n) is 2.31. The van der Waals surface area contributed by atoms with Gasteiger partial charge in [0, 0.05) is 0 Å². The summed E-state index contributed by atoms with van der Waals surface area (Å²) in [7, 11) is 0. The third-order valence-electron chi connectivity index (χ3n) is 3.37. The van der Waals surface area contributed by atoms with E-state index in [2.05, 4.69) is 13.8 Å². The lowest BCUT2D eigenvalue weighted by molar-refractivity contribution is 0.148. The van der Waals surface area contributed by atoms with Crippen molar-refractivity contribution in [2.75, 3.05) is 6.54 Å². The van der Waals surface area contributed by atoms with Crippen molar-refractivity contribution < 1.29 is 4.39 Å². The standard InChI is InChI=1S/C13H28FN/c1-4-7-9-13(11-15,8-5-2)10-12(14)6-3/h12H,4-11,15H2,1-3H3. The normalized spacial score (nSPS) is 17.4. The Labute approximate surface area is 94.6 Å². The molecule has 0 saturated carbocycles. The molecule has 2 unspecified atom stereocenters. The first-order valence-corrected chi connectivity index (χ1v) is 6.48. The first kappa shape index (κ1) is 14.9. The van der Waals surface area contributed by atoms with Gasteiger partial charge in [0.25, 0.3) is 0 Å². The van der Waals surface area contributed by atoms with Gasteiger partial charge in [0.2, 0.25) is 0 Å². The van der Waals surface area contributed by atoms with Gasteiger partial charge in [-0.2, -0.15) is 0 Å². The van der Waals surface area contributed by atoms with Crippen LogP contribution in [0.5, 0.6) is 0 Å². The molecular formula is C13H28FN. The van der Waals surface area contributed by atoms with Crippen LogP contribution in [0.4, 0.5) is 4.39 Å². The third kappa shape index (κ3) is 5.50. The summed E-state index contributed by atoms with van der Waals surface area (Å²) < 4.78 is 13.5. The van der Waals surface area contributed by atoms with Gasteiger partial charge in [-0.25, -0.2) is 4.39 Å². The Morgan fingerprint density at radius 3 is 2.20 bits per heavy atom. The molecule has 0 aliphatic rings. The molecule has 15 heavy (non-hydrogen) atoms. The quantitative estimate of drug-likeness (QED) is 0.619. The van der Waals surface area contributed by atoms with Gasteiger partial charge in [-0.15, -0.1) is 0 Å². The van der Waals surface area contributed by atoms with E-state index in [1.54, 1.807) is 0 Å². The summed E-state index contributed by atoms with van der Waals surface area (Å²) in [6, 6.07) is 0. The van der Waals surface area contributed by atoms with Gasteiger partial charge in [-0.3, -0.25) is 0 Å². The zero-order valence-electron chi connectivity index (χ0n) is 10.7. The first-order chi connectivity index (χ1) is 7.14. The Balaban J connectivity index is 4.34. The Kier molecular flexibility index (Phi) is 8.03. The maximum Gasteiger partial charge on any atom is 0.100 e. The molecule has 0 aromatic heterocycles. The minimum absolute atomic E-state index is 0.0696. The number of alkyl halides is 1. The molecule has 0 fully saturated rings. The van der Waals surface area contributed by atoms with Crippen LogP contribution in [0.1, 0.15) is 65.7 Å². The van der Waals surface area contributed by atoms with Crippen molar-refractivity contribution in [3.05, 3.63) is 0 Å². The second-order valence-corrected chi connectivity index (χ2v) is 4.77. The van der Waals surface area contributed by atoms with Crippen molar-refractivity contribution in [3.63, 3.8) is 0 Å². The fourth-order valence-corrected chi connectivity index (χ4v) is 2.31. The summed E-state index contributed by atoms with van der Waals surface area (Å²) in [5.74, 6) is 0. The maximum absolute atomic E-state index is 13.5. The van der Waals surface area contributed by atoms with Crippen molar-refractivity contribution in [2.45, 2.75) is 71.9 Å². The second-order valence-electron chi connectivity index (χ2n) is 4.77. The molecular weight excluding hydrogens is 189 g/mol.